The lowest BCUT2D eigenvalue weighted by Gasteiger charge is -2.06. The number of benzene rings is 1. The van der Waals surface area contributed by atoms with Crippen LogP contribution in [0.15, 0.2) is 12.1 Å². The van der Waals surface area contributed by atoms with Crippen LogP contribution < -0.4 is 5.11 Å². The van der Waals surface area contributed by atoms with Gasteiger partial charge >= 0.3 is 0 Å². The van der Waals surface area contributed by atoms with Gasteiger partial charge in [0.25, 0.3) is 0 Å². The van der Waals surface area contributed by atoms with E-state index in [1.807, 2.05) is 0 Å². The van der Waals surface area contributed by atoms with E-state index in [1.54, 1.807) is 0 Å². The van der Waals surface area contributed by atoms with Gasteiger partial charge in [0.1, 0.15) is 17.5 Å². The SMILES string of the molecule is [O-]c1c(F)cc(F)cc1F. The zero-order valence-corrected chi connectivity index (χ0v) is 4.70. The standard InChI is InChI=1S/C6H3F3O/c7-3-1-4(8)6(10)5(9)2-3/h1-2,10H/p-1. The summed E-state index contributed by atoms with van der Waals surface area (Å²) in [4.78, 5) is 0. The summed E-state index contributed by atoms with van der Waals surface area (Å²) in [7, 11) is 0. The predicted molar refractivity (Wildman–Crippen MR) is 25.8 cm³/mol. The molecule has 0 amide bonds. The van der Waals surface area contributed by atoms with Crippen LogP contribution in [0, 0.1) is 17.5 Å². The molecule has 1 aromatic carbocycles. The lowest BCUT2D eigenvalue weighted by Crippen LogP contribution is -1.98. The minimum atomic E-state index is -1.41. The second kappa shape index (κ2) is 2.21. The first-order valence-electron chi connectivity index (χ1n) is 2.43. The second-order valence-electron chi connectivity index (χ2n) is 1.70. The summed E-state index contributed by atoms with van der Waals surface area (Å²) in [5, 5.41) is 10.2. The van der Waals surface area contributed by atoms with Crippen molar-refractivity contribution in [3.8, 4) is 5.75 Å². The summed E-state index contributed by atoms with van der Waals surface area (Å²) in [5.74, 6) is -5.30. The van der Waals surface area contributed by atoms with Gasteiger partial charge in [-0.25, -0.2) is 13.2 Å². The molecule has 0 radical (unpaired) electrons. The molecule has 0 bridgehead atoms. The highest BCUT2D eigenvalue weighted by molar-refractivity contribution is 5.23. The molecule has 54 valence electrons. The molecule has 0 saturated heterocycles. The van der Waals surface area contributed by atoms with Crippen molar-refractivity contribution in [3.63, 3.8) is 0 Å². The lowest BCUT2D eigenvalue weighted by atomic mass is 10.3. The van der Waals surface area contributed by atoms with Crippen LogP contribution in [0.1, 0.15) is 0 Å². The maximum Gasteiger partial charge on any atom is 0.128 e. The van der Waals surface area contributed by atoms with Crippen molar-refractivity contribution in [3.05, 3.63) is 29.6 Å². The fraction of sp³-hybridized carbons (Fsp3) is 0. The van der Waals surface area contributed by atoms with Gasteiger partial charge in [0.15, 0.2) is 0 Å². The molecule has 0 saturated carbocycles. The smallest absolute Gasteiger partial charge is 0.128 e. The number of rotatable bonds is 0. The number of hydrogen-bond acceptors (Lipinski definition) is 1. The van der Waals surface area contributed by atoms with E-state index in [0.717, 1.165) is 0 Å². The Balaban J connectivity index is 3.31. The molecule has 0 heterocycles. The molecular weight excluding hydrogens is 145 g/mol. The molecule has 0 N–H and O–H groups in total. The minimum Gasteiger partial charge on any atom is -0.869 e. The average molecular weight is 147 g/mol. The molecule has 0 aliphatic heterocycles. The van der Waals surface area contributed by atoms with Crippen molar-refractivity contribution < 1.29 is 18.3 Å². The molecular formula is C6H2F3O-. The molecule has 4 heteroatoms. The maximum atomic E-state index is 12.0. The van der Waals surface area contributed by atoms with Crippen LogP contribution in [0.4, 0.5) is 13.2 Å². The fourth-order valence-electron chi connectivity index (χ4n) is 0.529. The van der Waals surface area contributed by atoms with Crippen LogP contribution in [0.2, 0.25) is 0 Å². The Labute approximate surface area is 54.7 Å². The first-order chi connectivity index (χ1) is 4.61. The van der Waals surface area contributed by atoms with E-state index in [0.29, 0.717) is 12.1 Å². The van der Waals surface area contributed by atoms with Crippen molar-refractivity contribution in [2.24, 2.45) is 0 Å². The normalized spacial score (nSPS) is 9.90. The van der Waals surface area contributed by atoms with Gasteiger partial charge in [-0.1, -0.05) is 0 Å². The van der Waals surface area contributed by atoms with E-state index in [-0.39, 0.29) is 0 Å². The first kappa shape index (κ1) is 6.92. The molecule has 0 atom stereocenters. The monoisotopic (exact) mass is 147 g/mol. The Hall–Kier alpha value is -1.19. The molecule has 0 spiro atoms. The Morgan fingerprint density at radius 2 is 1.40 bits per heavy atom. The van der Waals surface area contributed by atoms with Crippen LogP contribution >= 0.6 is 0 Å². The van der Waals surface area contributed by atoms with E-state index in [2.05, 4.69) is 0 Å². The number of halogens is 3. The zero-order valence-electron chi connectivity index (χ0n) is 4.70. The molecule has 0 unspecified atom stereocenters. The van der Waals surface area contributed by atoms with E-state index in [4.69, 9.17) is 0 Å². The van der Waals surface area contributed by atoms with Crippen LogP contribution in [-0.2, 0) is 0 Å². The number of hydrogen-bond donors (Lipinski definition) is 0. The minimum absolute atomic E-state index is 0.339. The topological polar surface area (TPSA) is 23.1 Å². The summed E-state index contributed by atoms with van der Waals surface area (Å²) in [6, 6.07) is 0.677. The fourth-order valence-corrected chi connectivity index (χ4v) is 0.529. The van der Waals surface area contributed by atoms with Crippen molar-refractivity contribution in [2.75, 3.05) is 0 Å². The second-order valence-corrected chi connectivity index (χ2v) is 1.70. The van der Waals surface area contributed by atoms with E-state index in [1.165, 1.54) is 0 Å². The Morgan fingerprint density at radius 1 is 1.00 bits per heavy atom. The quantitative estimate of drug-likeness (QED) is 0.540. The van der Waals surface area contributed by atoms with Crippen LogP contribution in [0.5, 0.6) is 5.75 Å². The van der Waals surface area contributed by atoms with Crippen molar-refractivity contribution in [1.82, 2.24) is 0 Å². The van der Waals surface area contributed by atoms with Gasteiger partial charge in [0.2, 0.25) is 0 Å². The third kappa shape index (κ3) is 1.05. The molecule has 1 nitrogen and oxygen atoms in total. The molecule has 1 rings (SSSR count). The van der Waals surface area contributed by atoms with Crippen LogP contribution in [0.3, 0.4) is 0 Å². The predicted octanol–water partition coefficient (Wildman–Crippen LogP) is 1.18. The third-order valence-electron chi connectivity index (χ3n) is 0.963. The van der Waals surface area contributed by atoms with Gasteiger partial charge in [-0.15, -0.1) is 0 Å². The van der Waals surface area contributed by atoms with Crippen molar-refractivity contribution in [1.29, 1.82) is 0 Å². The van der Waals surface area contributed by atoms with Crippen LogP contribution in [-0.4, -0.2) is 0 Å². The molecule has 1 aromatic rings. The first-order valence-corrected chi connectivity index (χ1v) is 2.43. The summed E-state index contributed by atoms with van der Waals surface area (Å²) >= 11 is 0. The van der Waals surface area contributed by atoms with E-state index < -0.39 is 23.2 Å². The van der Waals surface area contributed by atoms with Gasteiger partial charge in [-0.05, 0) is 5.75 Å². The zero-order chi connectivity index (χ0) is 7.72. The molecule has 0 aliphatic carbocycles. The Bertz CT molecular complexity index is 236. The maximum absolute atomic E-state index is 12.0. The highest BCUT2D eigenvalue weighted by Gasteiger charge is 2.01. The van der Waals surface area contributed by atoms with Crippen molar-refractivity contribution >= 4 is 0 Å². The van der Waals surface area contributed by atoms with Crippen molar-refractivity contribution in [2.45, 2.75) is 0 Å². The van der Waals surface area contributed by atoms with Crippen LogP contribution in [0.25, 0.3) is 0 Å². The van der Waals surface area contributed by atoms with Gasteiger partial charge in [-0.2, -0.15) is 0 Å². The molecule has 10 heavy (non-hydrogen) atoms. The molecule has 0 aliphatic rings. The van der Waals surface area contributed by atoms with E-state index >= 15 is 0 Å². The summed E-state index contributed by atoms with van der Waals surface area (Å²) in [6.45, 7) is 0. The van der Waals surface area contributed by atoms with E-state index in [9.17, 15) is 18.3 Å². The summed E-state index contributed by atoms with van der Waals surface area (Å²) in [6.07, 6.45) is 0. The highest BCUT2D eigenvalue weighted by atomic mass is 19.1. The van der Waals surface area contributed by atoms with Gasteiger partial charge in [0.05, 0.1) is 0 Å². The lowest BCUT2D eigenvalue weighted by molar-refractivity contribution is -0.276. The highest BCUT2D eigenvalue weighted by Crippen LogP contribution is 2.17. The Morgan fingerprint density at radius 3 is 1.80 bits per heavy atom. The molecule has 0 aromatic heterocycles. The van der Waals surface area contributed by atoms with Gasteiger partial charge < -0.3 is 5.11 Å². The summed E-state index contributed by atoms with van der Waals surface area (Å²) in [5.41, 5.74) is 0. The Kier molecular flexibility index (Phi) is 1.53. The summed E-state index contributed by atoms with van der Waals surface area (Å²) < 4.78 is 36.1. The average Bonchev–Trinajstić information content (AvgIpc) is 1.82. The largest absolute Gasteiger partial charge is 0.869 e. The van der Waals surface area contributed by atoms with Gasteiger partial charge in [0, 0.05) is 12.1 Å². The van der Waals surface area contributed by atoms with Gasteiger partial charge in [-0.3, -0.25) is 0 Å². The molecule has 0 fully saturated rings. The third-order valence-corrected chi connectivity index (χ3v) is 0.963.